The summed E-state index contributed by atoms with van der Waals surface area (Å²) in [6.07, 6.45) is 2.08. The summed E-state index contributed by atoms with van der Waals surface area (Å²) < 4.78 is 10.9. The van der Waals surface area contributed by atoms with E-state index in [9.17, 15) is 4.79 Å². The van der Waals surface area contributed by atoms with E-state index in [0.717, 1.165) is 17.9 Å². The maximum Gasteiger partial charge on any atom is 0.226 e. The van der Waals surface area contributed by atoms with Crippen molar-refractivity contribution in [2.45, 2.75) is 39.2 Å². The molecule has 2 N–H and O–H groups in total. The van der Waals surface area contributed by atoms with E-state index in [2.05, 4.69) is 12.2 Å². The van der Waals surface area contributed by atoms with Gasteiger partial charge in [0.1, 0.15) is 5.75 Å². The lowest BCUT2D eigenvalue weighted by atomic mass is 10.3. The molecule has 0 spiro atoms. The second kappa shape index (κ2) is 10.2. The molecule has 5 nitrogen and oxygen atoms in total. The second-order valence-electron chi connectivity index (χ2n) is 4.84. The molecule has 0 saturated heterocycles. The Morgan fingerprint density at radius 3 is 2.62 bits per heavy atom. The Morgan fingerprint density at radius 2 is 2.00 bits per heavy atom. The third-order valence-electron chi connectivity index (χ3n) is 3.02. The van der Waals surface area contributed by atoms with E-state index in [4.69, 9.17) is 14.6 Å². The zero-order valence-corrected chi connectivity index (χ0v) is 12.8. The van der Waals surface area contributed by atoms with Gasteiger partial charge < -0.3 is 19.9 Å². The predicted octanol–water partition coefficient (Wildman–Crippen LogP) is 2.59. The molecular weight excluding hydrogens is 270 g/mol. The van der Waals surface area contributed by atoms with Crippen molar-refractivity contribution in [3.63, 3.8) is 0 Å². The fraction of sp³-hybridized carbons (Fsp3) is 0.562. The summed E-state index contributed by atoms with van der Waals surface area (Å²) in [5.74, 6) is 0.661. The maximum absolute atomic E-state index is 11.7. The van der Waals surface area contributed by atoms with E-state index >= 15 is 0 Å². The van der Waals surface area contributed by atoms with Crippen LogP contribution in [0, 0.1) is 0 Å². The van der Waals surface area contributed by atoms with Crippen LogP contribution in [0.15, 0.2) is 24.3 Å². The number of ether oxygens (including phenoxy) is 2. The van der Waals surface area contributed by atoms with E-state index in [1.165, 1.54) is 0 Å². The third-order valence-corrected chi connectivity index (χ3v) is 3.02. The van der Waals surface area contributed by atoms with Crippen LogP contribution >= 0.6 is 0 Å². The van der Waals surface area contributed by atoms with Gasteiger partial charge in [0.05, 0.1) is 25.7 Å². The summed E-state index contributed by atoms with van der Waals surface area (Å²) in [6.45, 7) is 5.08. The van der Waals surface area contributed by atoms with Crippen molar-refractivity contribution in [3.05, 3.63) is 24.3 Å². The molecule has 0 aliphatic rings. The minimum absolute atomic E-state index is 0.0627. The highest BCUT2D eigenvalue weighted by Gasteiger charge is 2.04. The number of carbonyl (C=O) groups excluding carboxylic acids is 1. The van der Waals surface area contributed by atoms with Crippen LogP contribution in [0.4, 0.5) is 5.69 Å². The van der Waals surface area contributed by atoms with Gasteiger partial charge in [0.25, 0.3) is 0 Å². The first-order valence-electron chi connectivity index (χ1n) is 7.41. The van der Waals surface area contributed by atoms with Crippen molar-refractivity contribution >= 4 is 11.6 Å². The van der Waals surface area contributed by atoms with Crippen LogP contribution in [0.1, 0.15) is 33.1 Å². The number of aliphatic hydroxyl groups excluding tert-OH is 1. The van der Waals surface area contributed by atoms with E-state index in [0.29, 0.717) is 26.1 Å². The number of nitrogens with one attached hydrogen (secondary N) is 1. The molecule has 21 heavy (non-hydrogen) atoms. The molecule has 0 aromatic heterocycles. The summed E-state index contributed by atoms with van der Waals surface area (Å²) in [7, 11) is 0. The minimum atomic E-state index is -0.0627. The Balaban J connectivity index is 2.29. The summed E-state index contributed by atoms with van der Waals surface area (Å²) in [4.78, 5) is 11.7. The SMILES string of the molecule is CCC(C)OCCC(=O)Nc1ccc(OCCCO)cc1. The highest BCUT2D eigenvalue weighted by molar-refractivity contribution is 5.90. The predicted molar refractivity (Wildman–Crippen MR) is 82.6 cm³/mol. The molecule has 1 amide bonds. The summed E-state index contributed by atoms with van der Waals surface area (Å²) in [5, 5.41) is 11.5. The molecule has 0 fully saturated rings. The number of amides is 1. The molecule has 1 atom stereocenters. The monoisotopic (exact) mass is 295 g/mol. The Kier molecular flexibility index (Phi) is 8.47. The van der Waals surface area contributed by atoms with Crippen molar-refractivity contribution in [2.75, 3.05) is 25.1 Å². The van der Waals surface area contributed by atoms with Gasteiger partial charge in [-0.05, 0) is 37.6 Å². The zero-order chi connectivity index (χ0) is 15.5. The van der Waals surface area contributed by atoms with Crippen molar-refractivity contribution in [2.24, 2.45) is 0 Å². The van der Waals surface area contributed by atoms with Crippen LogP contribution in [0.5, 0.6) is 5.75 Å². The van der Waals surface area contributed by atoms with Gasteiger partial charge >= 0.3 is 0 Å². The number of rotatable bonds is 10. The summed E-state index contributed by atoms with van der Waals surface area (Å²) in [5.41, 5.74) is 0.734. The van der Waals surface area contributed by atoms with Crippen molar-refractivity contribution in [3.8, 4) is 5.75 Å². The normalized spacial score (nSPS) is 12.0. The number of aliphatic hydroxyl groups is 1. The molecule has 0 heterocycles. The van der Waals surface area contributed by atoms with E-state index in [-0.39, 0.29) is 18.6 Å². The smallest absolute Gasteiger partial charge is 0.226 e. The number of benzene rings is 1. The lowest BCUT2D eigenvalue weighted by molar-refractivity contribution is -0.117. The third kappa shape index (κ3) is 7.68. The van der Waals surface area contributed by atoms with E-state index < -0.39 is 0 Å². The molecule has 0 aliphatic heterocycles. The van der Waals surface area contributed by atoms with Crippen LogP contribution in [0.3, 0.4) is 0 Å². The molecule has 0 radical (unpaired) electrons. The first kappa shape index (κ1) is 17.5. The topological polar surface area (TPSA) is 67.8 Å². The average Bonchev–Trinajstić information content (AvgIpc) is 2.49. The maximum atomic E-state index is 11.7. The second-order valence-corrected chi connectivity index (χ2v) is 4.84. The van der Waals surface area contributed by atoms with E-state index in [1.807, 2.05) is 6.92 Å². The molecule has 1 aromatic carbocycles. The zero-order valence-electron chi connectivity index (χ0n) is 12.8. The van der Waals surface area contributed by atoms with Crippen LogP contribution in [-0.4, -0.2) is 36.9 Å². The molecule has 118 valence electrons. The van der Waals surface area contributed by atoms with Crippen molar-refractivity contribution < 1.29 is 19.4 Å². The standard InChI is InChI=1S/C16H25NO4/c1-3-13(2)20-12-9-16(19)17-14-5-7-15(8-6-14)21-11-4-10-18/h5-8,13,18H,3-4,9-12H2,1-2H3,(H,17,19). The molecule has 0 saturated carbocycles. The Morgan fingerprint density at radius 1 is 1.29 bits per heavy atom. The van der Waals surface area contributed by atoms with Crippen LogP contribution < -0.4 is 10.1 Å². The molecule has 1 rings (SSSR count). The number of carbonyl (C=O) groups is 1. The van der Waals surface area contributed by atoms with Crippen LogP contribution in [0.2, 0.25) is 0 Å². The van der Waals surface area contributed by atoms with Gasteiger partial charge in [0.15, 0.2) is 0 Å². The molecule has 0 aliphatic carbocycles. The summed E-state index contributed by atoms with van der Waals surface area (Å²) >= 11 is 0. The fourth-order valence-corrected chi connectivity index (χ4v) is 1.58. The number of hydrogen-bond acceptors (Lipinski definition) is 4. The fourth-order valence-electron chi connectivity index (χ4n) is 1.58. The van der Waals surface area contributed by atoms with Gasteiger partial charge in [-0.2, -0.15) is 0 Å². The Hall–Kier alpha value is -1.59. The first-order valence-corrected chi connectivity index (χ1v) is 7.41. The first-order chi connectivity index (χ1) is 10.2. The van der Waals surface area contributed by atoms with Crippen molar-refractivity contribution in [1.29, 1.82) is 0 Å². The quantitative estimate of drug-likeness (QED) is 0.651. The van der Waals surface area contributed by atoms with Gasteiger partial charge in [0, 0.05) is 18.7 Å². The highest BCUT2D eigenvalue weighted by Crippen LogP contribution is 2.16. The minimum Gasteiger partial charge on any atom is -0.494 e. The largest absolute Gasteiger partial charge is 0.494 e. The molecule has 1 aromatic rings. The average molecular weight is 295 g/mol. The van der Waals surface area contributed by atoms with Gasteiger partial charge in [0.2, 0.25) is 5.91 Å². The molecule has 0 bridgehead atoms. The lowest BCUT2D eigenvalue weighted by Crippen LogP contribution is -2.16. The lowest BCUT2D eigenvalue weighted by Gasteiger charge is -2.11. The molecule has 1 unspecified atom stereocenters. The summed E-state index contributed by atoms with van der Waals surface area (Å²) in [6, 6.07) is 7.18. The Labute approximate surface area is 126 Å². The number of hydrogen-bond donors (Lipinski definition) is 2. The molecule has 5 heteroatoms. The van der Waals surface area contributed by atoms with Crippen molar-refractivity contribution in [1.82, 2.24) is 0 Å². The van der Waals surface area contributed by atoms with Gasteiger partial charge in [-0.1, -0.05) is 6.92 Å². The van der Waals surface area contributed by atoms with Gasteiger partial charge in [-0.3, -0.25) is 4.79 Å². The number of anilines is 1. The Bertz CT molecular complexity index is 405. The van der Waals surface area contributed by atoms with Gasteiger partial charge in [-0.15, -0.1) is 0 Å². The van der Waals surface area contributed by atoms with E-state index in [1.54, 1.807) is 24.3 Å². The highest BCUT2D eigenvalue weighted by atomic mass is 16.5. The molecular formula is C16H25NO4. The van der Waals surface area contributed by atoms with Crippen LogP contribution in [-0.2, 0) is 9.53 Å². The van der Waals surface area contributed by atoms with Crippen LogP contribution in [0.25, 0.3) is 0 Å². The van der Waals surface area contributed by atoms with Gasteiger partial charge in [-0.25, -0.2) is 0 Å².